The van der Waals surface area contributed by atoms with Crippen molar-refractivity contribution >= 4 is 11.8 Å². The highest BCUT2D eigenvalue weighted by Crippen LogP contribution is 2.21. The van der Waals surface area contributed by atoms with Gasteiger partial charge in [-0.1, -0.05) is 18.2 Å². The molecule has 0 amide bonds. The molecule has 1 aliphatic heterocycles. The zero-order valence-electron chi connectivity index (χ0n) is 10.3. The number of para-hydroxylation sites is 1. The van der Waals surface area contributed by atoms with Crippen molar-refractivity contribution in [2.45, 2.75) is 12.8 Å². The Labute approximate surface area is 110 Å². The number of ketones is 1. The fourth-order valence-electron chi connectivity index (χ4n) is 1.83. The van der Waals surface area contributed by atoms with E-state index in [1.807, 2.05) is 18.2 Å². The van der Waals surface area contributed by atoms with Crippen LogP contribution in [-0.2, 0) is 14.3 Å². The third-order valence-corrected chi connectivity index (χ3v) is 2.77. The van der Waals surface area contributed by atoms with Gasteiger partial charge < -0.3 is 14.6 Å². The van der Waals surface area contributed by atoms with Crippen LogP contribution in [0, 0.1) is 0 Å². The standard InChI is InChI=1S/C14H14O5/c15-13(14(16)17)11-7-4-8-18-12(11)9-19-10-5-2-1-3-6-10/h1-3,5-6H,4,7-9H2,(H,16,17). The zero-order valence-corrected chi connectivity index (χ0v) is 10.3. The Morgan fingerprint density at radius 3 is 2.68 bits per heavy atom. The number of carboxylic acid groups (broad SMARTS) is 1. The van der Waals surface area contributed by atoms with E-state index in [4.69, 9.17) is 14.6 Å². The summed E-state index contributed by atoms with van der Waals surface area (Å²) >= 11 is 0. The molecule has 5 heteroatoms. The van der Waals surface area contributed by atoms with E-state index in [1.54, 1.807) is 12.1 Å². The van der Waals surface area contributed by atoms with Gasteiger partial charge in [0.15, 0.2) is 0 Å². The molecule has 5 nitrogen and oxygen atoms in total. The van der Waals surface area contributed by atoms with Crippen LogP contribution in [-0.4, -0.2) is 30.1 Å². The van der Waals surface area contributed by atoms with Crippen molar-refractivity contribution in [3.8, 4) is 5.75 Å². The molecule has 1 aromatic rings. The number of hydrogen-bond donors (Lipinski definition) is 1. The van der Waals surface area contributed by atoms with E-state index in [1.165, 1.54) is 0 Å². The van der Waals surface area contributed by atoms with Gasteiger partial charge in [0.05, 0.1) is 6.61 Å². The van der Waals surface area contributed by atoms with Crippen molar-refractivity contribution in [1.29, 1.82) is 0 Å². The van der Waals surface area contributed by atoms with Crippen LogP contribution in [0.5, 0.6) is 5.75 Å². The molecule has 19 heavy (non-hydrogen) atoms. The molecule has 0 saturated carbocycles. The Morgan fingerprint density at radius 1 is 1.26 bits per heavy atom. The SMILES string of the molecule is O=C(O)C(=O)C1=C(COc2ccccc2)OCCC1. The van der Waals surface area contributed by atoms with Crippen LogP contribution in [0.2, 0.25) is 0 Å². The Hall–Kier alpha value is -2.30. The molecule has 1 heterocycles. The van der Waals surface area contributed by atoms with Crippen molar-refractivity contribution in [2.75, 3.05) is 13.2 Å². The van der Waals surface area contributed by atoms with Crippen LogP contribution in [0.15, 0.2) is 41.7 Å². The van der Waals surface area contributed by atoms with Gasteiger partial charge in [0.2, 0.25) is 0 Å². The number of aliphatic carboxylic acids is 1. The van der Waals surface area contributed by atoms with Crippen LogP contribution < -0.4 is 4.74 Å². The first-order valence-electron chi connectivity index (χ1n) is 5.99. The van der Waals surface area contributed by atoms with E-state index < -0.39 is 11.8 Å². The second-order valence-corrected chi connectivity index (χ2v) is 4.09. The van der Waals surface area contributed by atoms with Crippen LogP contribution in [0.4, 0.5) is 0 Å². The molecule has 0 aliphatic carbocycles. The lowest BCUT2D eigenvalue weighted by Gasteiger charge is -2.20. The number of carbonyl (C=O) groups is 2. The summed E-state index contributed by atoms with van der Waals surface area (Å²) in [6.45, 7) is 0.544. The third-order valence-electron chi connectivity index (χ3n) is 2.77. The Balaban J connectivity index is 2.10. The summed E-state index contributed by atoms with van der Waals surface area (Å²) in [4.78, 5) is 22.3. The van der Waals surface area contributed by atoms with Crippen LogP contribution in [0.1, 0.15) is 12.8 Å². The second-order valence-electron chi connectivity index (χ2n) is 4.09. The van der Waals surface area contributed by atoms with Crippen molar-refractivity contribution in [3.63, 3.8) is 0 Å². The molecule has 0 bridgehead atoms. The molecule has 0 spiro atoms. The zero-order chi connectivity index (χ0) is 13.7. The highest BCUT2D eigenvalue weighted by Gasteiger charge is 2.25. The van der Waals surface area contributed by atoms with Crippen molar-refractivity contribution in [3.05, 3.63) is 41.7 Å². The molecule has 0 radical (unpaired) electrons. The number of carbonyl (C=O) groups excluding carboxylic acids is 1. The quantitative estimate of drug-likeness (QED) is 0.819. The molecular weight excluding hydrogens is 248 g/mol. The third kappa shape index (κ3) is 3.34. The van der Waals surface area contributed by atoms with E-state index in [-0.39, 0.29) is 12.2 Å². The van der Waals surface area contributed by atoms with Crippen molar-refractivity contribution in [2.24, 2.45) is 0 Å². The summed E-state index contributed by atoms with van der Waals surface area (Å²) in [5.41, 5.74) is 0.203. The number of ether oxygens (including phenoxy) is 2. The minimum Gasteiger partial charge on any atom is -0.494 e. The highest BCUT2D eigenvalue weighted by molar-refractivity contribution is 6.39. The van der Waals surface area contributed by atoms with Crippen LogP contribution in [0.25, 0.3) is 0 Å². The van der Waals surface area contributed by atoms with Crippen molar-refractivity contribution < 1.29 is 24.2 Å². The van der Waals surface area contributed by atoms with Crippen LogP contribution in [0.3, 0.4) is 0 Å². The molecule has 0 fully saturated rings. The summed E-state index contributed by atoms with van der Waals surface area (Å²) in [7, 11) is 0. The largest absolute Gasteiger partial charge is 0.494 e. The molecule has 2 rings (SSSR count). The van der Waals surface area contributed by atoms with Crippen molar-refractivity contribution in [1.82, 2.24) is 0 Å². The fraction of sp³-hybridized carbons (Fsp3) is 0.286. The average Bonchev–Trinajstić information content (AvgIpc) is 2.45. The molecular formula is C14H14O5. The summed E-state index contributed by atoms with van der Waals surface area (Å²) in [6.07, 6.45) is 1.06. The van der Waals surface area contributed by atoms with Gasteiger partial charge in [-0.15, -0.1) is 0 Å². The minimum atomic E-state index is -1.46. The molecule has 0 atom stereocenters. The van der Waals surface area contributed by atoms with Gasteiger partial charge in [0, 0.05) is 5.57 Å². The Bertz CT molecular complexity index is 504. The maximum absolute atomic E-state index is 11.5. The predicted molar refractivity (Wildman–Crippen MR) is 66.8 cm³/mol. The lowest BCUT2D eigenvalue weighted by Crippen LogP contribution is -2.23. The molecule has 0 saturated heterocycles. The van der Waals surface area contributed by atoms with Gasteiger partial charge in [0.25, 0.3) is 5.78 Å². The average molecular weight is 262 g/mol. The smallest absolute Gasteiger partial charge is 0.377 e. The van der Waals surface area contributed by atoms with E-state index in [0.29, 0.717) is 31.0 Å². The Morgan fingerprint density at radius 2 is 2.00 bits per heavy atom. The summed E-state index contributed by atoms with van der Waals surface area (Å²) in [5, 5.41) is 8.76. The van der Waals surface area contributed by atoms with E-state index >= 15 is 0 Å². The normalized spacial score (nSPS) is 14.7. The topological polar surface area (TPSA) is 72.8 Å². The monoisotopic (exact) mass is 262 g/mol. The first-order valence-corrected chi connectivity index (χ1v) is 5.99. The van der Waals surface area contributed by atoms with Gasteiger partial charge in [-0.3, -0.25) is 4.79 Å². The van der Waals surface area contributed by atoms with Gasteiger partial charge in [0.1, 0.15) is 18.1 Å². The second kappa shape index (κ2) is 6.04. The van der Waals surface area contributed by atoms with E-state index in [0.717, 1.165) is 0 Å². The summed E-state index contributed by atoms with van der Waals surface area (Å²) < 4.78 is 10.8. The Kier molecular flexibility index (Phi) is 4.18. The van der Waals surface area contributed by atoms with Crippen LogP contribution >= 0.6 is 0 Å². The molecule has 0 aromatic heterocycles. The number of Topliss-reactive ketones (excluding diaryl/α,β-unsaturated/α-hetero) is 1. The lowest BCUT2D eigenvalue weighted by atomic mass is 10.0. The lowest BCUT2D eigenvalue weighted by molar-refractivity contribution is -0.147. The maximum Gasteiger partial charge on any atom is 0.377 e. The molecule has 0 unspecified atom stereocenters. The predicted octanol–water partition coefficient (Wildman–Crippen LogP) is 1.78. The van der Waals surface area contributed by atoms with Gasteiger partial charge in [-0.05, 0) is 25.0 Å². The maximum atomic E-state index is 11.5. The molecule has 1 aliphatic rings. The number of carboxylic acids is 1. The van der Waals surface area contributed by atoms with Gasteiger partial charge in [-0.2, -0.15) is 0 Å². The summed E-state index contributed by atoms with van der Waals surface area (Å²) in [5.74, 6) is -1.40. The number of rotatable bonds is 5. The van der Waals surface area contributed by atoms with Gasteiger partial charge >= 0.3 is 5.97 Å². The fourth-order valence-corrected chi connectivity index (χ4v) is 1.83. The molecule has 1 N–H and O–H groups in total. The van der Waals surface area contributed by atoms with E-state index in [9.17, 15) is 9.59 Å². The molecule has 100 valence electrons. The first-order chi connectivity index (χ1) is 9.18. The minimum absolute atomic E-state index is 0.0678. The number of hydrogen-bond acceptors (Lipinski definition) is 4. The van der Waals surface area contributed by atoms with E-state index in [2.05, 4.69) is 0 Å². The summed E-state index contributed by atoms with van der Waals surface area (Å²) in [6, 6.07) is 9.08. The first kappa shape index (κ1) is 13.1. The van der Waals surface area contributed by atoms with Gasteiger partial charge in [-0.25, -0.2) is 4.79 Å². The highest BCUT2D eigenvalue weighted by atomic mass is 16.5. The number of benzene rings is 1. The molecule has 1 aromatic carbocycles.